The second-order valence-corrected chi connectivity index (χ2v) is 4.93. The molecule has 0 saturated heterocycles. The van der Waals surface area contributed by atoms with Crippen LogP contribution in [0.5, 0.6) is 0 Å². The highest BCUT2D eigenvalue weighted by molar-refractivity contribution is 4.90. The predicted octanol–water partition coefficient (Wildman–Crippen LogP) is 0.365. The summed E-state index contributed by atoms with van der Waals surface area (Å²) < 4.78 is 0. The van der Waals surface area contributed by atoms with Gasteiger partial charge in [0.25, 0.3) is 0 Å². The number of aliphatic hydroxyl groups excluding tert-OH is 2. The van der Waals surface area contributed by atoms with E-state index in [0.717, 1.165) is 24.3 Å². The van der Waals surface area contributed by atoms with Gasteiger partial charge < -0.3 is 15.5 Å². The van der Waals surface area contributed by atoms with Crippen LogP contribution in [-0.2, 0) is 0 Å². The molecule has 14 heavy (non-hydrogen) atoms. The molecule has 0 radical (unpaired) electrons. The SMILES string of the molecule is OCC(O)CNCC1CC2CCC1C2. The molecule has 0 heterocycles. The lowest BCUT2D eigenvalue weighted by atomic mass is 9.89. The molecule has 0 aromatic heterocycles. The van der Waals surface area contributed by atoms with Crippen molar-refractivity contribution < 1.29 is 10.2 Å². The summed E-state index contributed by atoms with van der Waals surface area (Å²) in [5.41, 5.74) is 0. The van der Waals surface area contributed by atoms with Crippen LogP contribution in [0.25, 0.3) is 0 Å². The summed E-state index contributed by atoms with van der Waals surface area (Å²) in [4.78, 5) is 0. The van der Waals surface area contributed by atoms with E-state index in [1.165, 1.54) is 25.7 Å². The average molecular weight is 199 g/mol. The topological polar surface area (TPSA) is 52.5 Å². The second-order valence-electron chi connectivity index (χ2n) is 4.93. The van der Waals surface area contributed by atoms with E-state index >= 15 is 0 Å². The Hall–Kier alpha value is -0.120. The van der Waals surface area contributed by atoms with Crippen molar-refractivity contribution in [1.29, 1.82) is 0 Å². The molecule has 4 atom stereocenters. The summed E-state index contributed by atoms with van der Waals surface area (Å²) in [7, 11) is 0. The molecule has 4 unspecified atom stereocenters. The molecule has 3 nitrogen and oxygen atoms in total. The van der Waals surface area contributed by atoms with Gasteiger partial charge in [-0.25, -0.2) is 0 Å². The monoisotopic (exact) mass is 199 g/mol. The van der Waals surface area contributed by atoms with Crippen molar-refractivity contribution in [2.45, 2.75) is 31.8 Å². The van der Waals surface area contributed by atoms with Gasteiger partial charge in [0.1, 0.15) is 0 Å². The number of hydrogen-bond donors (Lipinski definition) is 3. The molecule has 0 amide bonds. The van der Waals surface area contributed by atoms with Crippen LogP contribution in [-0.4, -0.2) is 36.0 Å². The number of nitrogens with one attached hydrogen (secondary N) is 1. The minimum Gasteiger partial charge on any atom is -0.394 e. The van der Waals surface area contributed by atoms with Gasteiger partial charge in [-0.3, -0.25) is 0 Å². The molecular formula is C11H21NO2. The third-order valence-electron chi connectivity index (χ3n) is 3.88. The maximum atomic E-state index is 9.15. The fourth-order valence-corrected chi connectivity index (χ4v) is 3.13. The molecule has 2 fully saturated rings. The van der Waals surface area contributed by atoms with Crippen molar-refractivity contribution in [3.63, 3.8) is 0 Å². The smallest absolute Gasteiger partial charge is 0.0894 e. The zero-order chi connectivity index (χ0) is 9.97. The molecule has 3 heteroatoms. The molecule has 2 aliphatic rings. The van der Waals surface area contributed by atoms with Crippen LogP contribution in [0.2, 0.25) is 0 Å². The van der Waals surface area contributed by atoms with E-state index in [0.29, 0.717) is 6.54 Å². The maximum absolute atomic E-state index is 9.15. The molecule has 2 aliphatic carbocycles. The van der Waals surface area contributed by atoms with Crippen LogP contribution in [0.3, 0.4) is 0 Å². The Morgan fingerprint density at radius 3 is 2.71 bits per heavy atom. The summed E-state index contributed by atoms with van der Waals surface area (Å²) in [5, 5.41) is 21.0. The van der Waals surface area contributed by atoms with Crippen molar-refractivity contribution in [3.8, 4) is 0 Å². The highest BCUT2D eigenvalue weighted by Crippen LogP contribution is 2.47. The Kier molecular flexibility index (Phi) is 3.42. The zero-order valence-corrected chi connectivity index (χ0v) is 8.65. The highest BCUT2D eigenvalue weighted by Gasteiger charge is 2.38. The predicted molar refractivity (Wildman–Crippen MR) is 54.9 cm³/mol. The van der Waals surface area contributed by atoms with Crippen LogP contribution in [0, 0.1) is 17.8 Å². The van der Waals surface area contributed by atoms with Gasteiger partial charge in [0.05, 0.1) is 12.7 Å². The average Bonchev–Trinajstić information content (AvgIpc) is 2.79. The number of hydrogen-bond acceptors (Lipinski definition) is 3. The van der Waals surface area contributed by atoms with Gasteiger partial charge in [0.15, 0.2) is 0 Å². The first kappa shape index (κ1) is 10.4. The van der Waals surface area contributed by atoms with Crippen molar-refractivity contribution in [2.75, 3.05) is 19.7 Å². The van der Waals surface area contributed by atoms with Gasteiger partial charge in [0, 0.05) is 6.54 Å². The van der Waals surface area contributed by atoms with Gasteiger partial charge in [-0.1, -0.05) is 6.42 Å². The quantitative estimate of drug-likeness (QED) is 0.599. The normalized spacial score (nSPS) is 37.7. The Morgan fingerprint density at radius 2 is 2.14 bits per heavy atom. The summed E-state index contributed by atoms with van der Waals surface area (Å²) in [6.45, 7) is 1.42. The summed E-state index contributed by atoms with van der Waals surface area (Å²) in [5.74, 6) is 2.77. The molecule has 82 valence electrons. The minimum absolute atomic E-state index is 0.135. The van der Waals surface area contributed by atoms with Crippen LogP contribution < -0.4 is 5.32 Å². The van der Waals surface area contributed by atoms with Crippen LogP contribution in [0.4, 0.5) is 0 Å². The van der Waals surface area contributed by atoms with Crippen LogP contribution in [0.1, 0.15) is 25.7 Å². The van der Waals surface area contributed by atoms with Crippen molar-refractivity contribution in [1.82, 2.24) is 5.32 Å². The zero-order valence-electron chi connectivity index (χ0n) is 8.65. The Morgan fingerprint density at radius 1 is 1.29 bits per heavy atom. The third kappa shape index (κ3) is 2.27. The maximum Gasteiger partial charge on any atom is 0.0894 e. The van der Waals surface area contributed by atoms with Crippen molar-refractivity contribution >= 4 is 0 Å². The van der Waals surface area contributed by atoms with E-state index in [4.69, 9.17) is 10.2 Å². The minimum atomic E-state index is -0.589. The lowest BCUT2D eigenvalue weighted by Gasteiger charge is -2.22. The number of fused-ring (bicyclic) bond motifs is 2. The number of aliphatic hydroxyl groups is 2. The number of rotatable bonds is 5. The van der Waals surface area contributed by atoms with Gasteiger partial charge in [-0.05, 0) is 43.6 Å². The third-order valence-corrected chi connectivity index (χ3v) is 3.88. The molecule has 0 spiro atoms. The Labute approximate surface area is 85.5 Å². The van der Waals surface area contributed by atoms with Crippen molar-refractivity contribution in [3.05, 3.63) is 0 Å². The van der Waals surface area contributed by atoms with E-state index in [-0.39, 0.29) is 6.61 Å². The largest absolute Gasteiger partial charge is 0.394 e. The van der Waals surface area contributed by atoms with Gasteiger partial charge in [0.2, 0.25) is 0 Å². The first-order valence-corrected chi connectivity index (χ1v) is 5.79. The van der Waals surface area contributed by atoms with E-state index in [1.807, 2.05) is 0 Å². The van der Waals surface area contributed by atoms with Gasteiger partial charge >= 0.3 is 0 Å². The molecule has 0 aromatic carbocycles. The standard InChI is InChI=1S/C11H21NO2/c13-7-11(14)6-12-5-10-4-8-1-2-9(10)3-8/h8-14H,1-7H2. The highest BCUT2D eigenvalue weighted by atomic mass is 16.3. The molecule has 2 bridgehead atoms. The summed E-state index contributed by atoms with van der Waals surface area (Å²) in [6.07, 6.45) is 5.09. The fourth-order valence-electron chi connectivity index (χ4n) is 3.13. The van der Waals surface area contributed by atoms with E-state index < -0.39 is 6.10 Å². The lowest BCUT2D eigenvalue weighted by molar-refractivity contribution is 0.0927. The first-order valence-electron chi connectivity index (χ1n) is 5.79. The molecule has 0 aromatic rings. The van der Waals surface area contributed by atoms with E-state index in [1.54, 1.807) is 0 Å². The van der Waals surface area contributed by atoms with E-state index in [2.05, 4.69) is 5.32 Å². The van der Waals surface area contributed by atoms with E-state index in [9.17, 15) is 0 Å². The Bertz CT molecular complexity index is 186. The summed E-state index contributed by atoms with van der Waals surface area (Å²) >= 11 is 0. The van der Waals surface area contributed by atoms with Crippen LogP contribution in [0.15, 0.2) is 0 Å². The van der Waals surface area contributed by atoms with Gasteiger partial charge in [-0.15, -0.1) is 0 Å². The van der Waals surface area contributed by atoms with Gasteiger partial charge in [-0.2, -0.15) is 0 Å². The summed E-state index contributed by atoms with van der Waals surface area (Å²) in [6, 6.07) is 0. The molecule has 0 aliphatic heterocycles. The van der Waals surface area contributed by atoms with Crippen molar-refractivity contribution in [2.24, 2.45) is 17.8 Å². The van der Waals surface area contributed by atoms with Crippen LogP contribution >= 0.6 is 0 Å². The Balaban J connectivity index is 1.62. The molecule has 2 saturated carbocycles. The molecule has 3 N–H and O–H groups in total. The molecule has 2 rings (SSSR count). The lowest BCUT2D eigenvalue weighted by Crippen LogP contribution is -2.34. The second kappa shape index (κ2) is 4.60. The molecular weight excluding hydrogens is 178 g/mol. The first-order chi connectivity index (χ1) is 6.79. The fraction of sp³-hybridized carbons (Fsp3) is 1.00.